The highest BCUT2D eigenvalue weighted by atomic mass is 16.5. The van der Waals surface area contributed by atoms with Crippen LogP contribution in [-0.4, -0.2) is 36.0 Å². The third kappa shape index (κ3) is 7.09. The summed E-state index contributed by atoms with van der Waals surface area (Å²) in [4.78, 5) is 11.1. The molecule has 0 aliphatic heterocycles. The Morgan fingerprint density at radius 2 is 1.39 bits per heavy atom. The van der Waals surface area contributed by atoms with Crippen LogP contribution in [0, 0.1) is 26.2 Å². The van der Waals surface area contributed by atoms with Gasteiger partial charge in [0.15, 0.2) is 0 Å². The van der Waals surface area contributed by atoms with Crippen LogP contribution in [0.5, 0.6) is 23.0 Å². The highest BCUT2D eigenvalue weighted by Crippen LogP contribution is 2.32. The third-order valence-electron chi connectivity index (χ3n) is 5.44. The van der Waals surface area contributed by atoms with Crippen LogP contribution < -0.4 is 14.2 Å². The lowest BCUT2D eigenvalue weighted by Crippen LogP contribution is -2.24. The molecule has 0 aliphatic carbocycles. The molecule has 0 aliphatic rings. The van der Waals surface area contributed by atoms with Gasteiger partial charge >= 0.3 is 5.97 Å². The fourth-order valence-corrected chi connectivity index (χ4v) is 3.06. The van der Waals surface area contributed by atoms with E-state index in [0.717, 1.165) is 40.4 Å². The molecule has 0 saturated carbocycles. The monoisotopic (exact) mass is 430 g/mol. The first-order valence-electron chi connectivity index (χ1n) is 10.6. The van der Waals surface area contributed by atoms with Crippen LogP contribution in [0.3, 0.4) is 0 Å². The molecule has 0 saturated heterocycles. The SMILES string of the molecule is Cc1cc(OCCCOc2ccc(OCCCC(C)(C)C(=O)O)cc2)c(C)c(C)c1O. The van der Waals surface area contributed by atoms with E-state index in [9.17, 15) is 9.90 Å². The van der Waals surface area contributed by atoms with E-state index < -0.39 is 11.4 Å². The molecule has 31 heavy (non-hydrogen) atoms. The van der Waals surface area contributed by atoms with Crippen LogP contribution in [0.1, 0.15) is 49.8 Å². The van der Waals surface area contributed by atoms with Crippen LogP contribution in [0.2, 0.25) is 0 Å². The van der Waals surface area contributed by atoms with Crippen molar-refractivity contribution in [2.45, 2.75) is 53.9 Å². The summed E-state index contributed by atoms with van der Waals surface area (Å²) < 4.78 is 17.3. The van der Waals surface area contributed by atoms with Gasteiger partial charge in [-0.15, -0.1) is 0 Å². The van der Waals surface area contributed by atoms with Crippen molar-refractivity contribution < 1.29 is 29.2 Å². The van der Waals surface area contributed by atoms with E-state index in [1.165, 1.54) is 0 Å². The van der Waals surface area contributed by atoms with E-state index >= 15 is 0 Å². The zero-order valence-corrected chi connectivity index (χ0v) is 19.2. The predicted molar refractivity (Wildman–Crippen MR) is 121 cm³/mol. The number of rotatable bonds is 12. The summed E-state index contributed by atoms with van der Waals surface area (Å²) in [6.07, 6.45) is 1.97. The van der Waals surface area contributed by atoms with E-state index in [1.807, 2.05) is 51.1 Å². The number of phenolic OH excluding ortho intramolecular Hbond substituents is 1. The molecule has 0 spiro atoms. The average Bonchev–Trinajstić information content (AvgIpc) is 2.73. The van der Waals surface area contributed by atoms with Crippen molar-refractivity contribution >= 4 is 5.97 Å². The highest BCUT2D eigenvalue weighted by molar-refractivity contribution is 5.73. The highest BCUT2D eigenvalue weighted by Gasteiger charge is 2.26. The number of phenols is 1. The first kappa shape index (κ1) is 24.4. The Balaban J connectivity index is 1.68. The predicted octanol–water partition coefficient (Wildman–Crippen LogP) is 5.44. The minimum Gasteiger partial charge on any atom is -0.507 e. The van der Waals surface area contributed by atoms with Gasteiger partial charge in [-0.2, -0.15) is 0 Å². The van der Waals surface area contributed by atoms with Gasteiger partial charge in [-0.3, -0.25) is 4.79 Å². The van der Waals surface area contributed by atoms with Crippen LogP contribution in [-0.2, 0) is 4.79 Å². The lowest BCUT2D eigenvalue weighted by atomic mass is 9.88. The zero-order valence-electron chi connectivity index (χ0n) is 19.2. The van der Waals surface area contributed by atoms with Gasteiger partial charge < -0.3 is 24.4 Å². The fourth-order valence-electron chi connectivity index (χ4n) is 3.06. The number of carboxylic acid groups (broad SMARTS) is 1. The van der Waals surface area contributed by atoms with Gasteiger partial charge in [0, 0.05) is 6.42 Å². The van der Waals surface area contributed by atoms with Crippen molar-refractivity contribution in [3.8, 4) is 23.0 Å². The lowest BCUT2D eigenvalue weighted by Gasteiger charge is -2.18. The normalized spacial score (nSPS) is 11.3. The quantitative estimate of drug-likeness (QED) is 0.437. The van der Waals surface area contributed by atoms with Crippen LogP contribution >= 0.6 is 0 Å². The molecule has 0 heterocycles. The molecule has 6 heteroatoms. The molecule has 2 aromatic carbocycles. The van der Waals surface area contributed by atoms with E-state index in [4.69, 9.17) is 19.3 Å². The molecule has 0 bridgehead atoms. The maximum absolute atomic E-state index is 11.1. The van der Waals surface area contributed by atoms with E-state index in [-0.39, 0.29) is 0 Å². The van der Waals surface area contributed by atoms with Crippen molar-refractivity contribution in [2.24, 2.45) is 5.41 Å². The Bertz CT molecular complexity index is 871. The number of aromatic hydroxyl groups is 1. The number of carbonyl (C=O) groups is 1. The molecule has 0 radical (unpaired) electrons. The minimum atomic E-state index is -0.789. The van der Waals surface area contributed by atoms with Gasteiger partial charge in [0.25, 0.3) is 0 Å². The second-order valence-corrected chi connectivity index (χ2v) is 8.45. The van der Waals surface area contributed by atoms with Crippen molar-refractivity contribution in [3.63, 3.8) is 0 Å². The molecule has 0 aromatic heterocycles. The Hall–Kier alpha value is -2.89. The van der Waals surface area contributed by atoms with Gasteiger partial charge in [0.05, 0.1) is 25.2 Å². The number of aryl methyl sites for hydroxylation is 1. The third-order valence-corrected chi connectivity index (χ3v) is 5.44. The van der Waals surface area contributed by atoms with Crippen molar-refractivity contribution in [1.29, 1.82) is 0 Å². The smallest absolute Gasteiger partial charge is 0.309 e. The van der Waals surface area contributed by atoms with Crippen molar-refractivity contribution in [2.75, 3.05) is 19.8 Å². The molecular formula is C25H34O6. The Labute approximate surface area is 184 Å². The largest absolute Gasteiger partial charge is 0.507 e. The van der Waals surface area contributed by atoms with Crippen molar-refractivity contribution in [3.05, 3.63) is 47.0 Å². The van der Waals surface area contributed by atoms with Gasteiger partial charge in [0.2, 0.25) is 0 Å². The number of hydrogen-bond acceptors (Lipinski definition) is 5. The van der Waals surface area contributed by atoms with Gasteiger partial charge in [-0.1, -0.05) is 0 Å². The maximum Gasteiger partial charge on any atom is 0.309 e. The van der Waals surface area contributed by atoms with Gasteiger partial charge in [-0.05, 0) is 94.5 Å². The summed E-state index contributed by atoms with van der Waals surface area (Å²) in [5.41, 5.74) is 1.87. The first-order chi connectivity index (χ1) is 14.6. The molecule has 0 fully saturated rings. The average molecular weight is 431 g/mol. The van der Waals surface area contributed by atoms with Gasteiger partial charge in [0.1, 0.15) is 23.0 Å². The minimum absolute atomic E-state index is 0.324. The number of aliphatic carboxylic acids is 1. The molecule has 2 rings (SSSR count). The maximum atomic E-state index is 11.1. The summed E-state index contributed by atoms with van der Waals surface area (Å²) in [5.74, 6) is 1.82. The Kier molecular flexibility index (Phi) is 8.60. The fraction of sp³-hybridized carbons (Fsp3) is 0.480. The summed E-state index contributed by atoms with van der Waals surface area (Å²) in [6.45, 7) is 10.7. The molecule has 0 atom stereocenters. The molecule has 170 valence electrons. The number of benzene rings is 2. The summed E-state index contributed by atoms with van der Waals surface area (Å²) in [5, 5.41) is 19.1. The second kappa shape index (κ2) is 10.9. The lowest BCUT2D eigenvalue weighted by molar-refractivity contribution is -0.147. The standard InChI is InChI=1S/C25H34O6/c1-17-16-22(18(2)19(3)23(17)26)31-15-7-14-30-21-10-8-20(9-11-21)29-13-6-12-25(4,5)24(27)28/h8-11,16,26H,6-7,12-15H2,1-5H3,(H,27,28). The number of carboxylic acids is 1. The summed E-state index contributed by atoms with van der Waals surface area (Å²) in [7, 11) is 0. The molecule has 6 nitrogen and oxygen atoms in total. The van der Waals surface area contributed by atoms with E-state index in [0.29, 0.717) is 38.4 Å². The van der Waals surface area contributed by atoms with E-state index in [2.05, 4.69) is 0 Å². The topological polar surface area (TPSA) is 85.2 Å². The molecule has 2 N–H and O–H groups in total. The summed E-state index contributed by atoms with van der Waals surface area (Å²) in [6, 6.07) is 9.27. The van der Waals surface area contributed by atoms with Crippen LogP contribution in [0.4, 0.5) is 0 Å². The van der Waals surface area contributed by atoms with Crippen LogP contribution in [0.15, 0.2) is 30.3 Å². The Morgan fingerprint density at radius 3 is 1.94 bits per heavy atom. The molecule has 2 aromatic rings. The first-order valence-corrected chi connectivity index (χ1v) is 10.6. The van der Waals surface area contributed by atoms with Crippen molar-refractivity contribution in [1.82, 2.24) is 0 Å². The van der Waals surface area contributed by atoms with Crippen LogP contribution in [0.25, 0.3) is 0 Å². The van der Waals surface area contributed by atoms with E-state index in [1.54, 1.807) is 13.8 Å². The summed E-state index contributed by atoms with van der Waals surface area (Å²) >= 11 is 0. The second-order valence-electron chi connectivity index (χ2n) is 8.45. The molecule has 0 unspecified atom stereocenters. The number of hydrogen-bond donors (Lipinski definition) is 2. The molecular weight excluding hydrogens is 396 g/mol. The number of ether oxygens (including phenoxy) is 3. The molecule has 0 amide bonds. The Morgan fingerprint density at radius 1 is 0.871 bits per heavy atom. The van der Waals surface area contributed by atoms with Gasteiger partial charge in [-0.25, -0.2) is 0 Å². The zero-order chi connectivity index (χ0) is 23.0.